The second-order valence-corrected chi connectivity index (χ2v) is 15.7. The predicted octanol–water partition coefficient (Wildman–Crippen LogP) is 3.29. The molecule has 1 aliphatic heterocycles. The first-order valence-corrected chi connectivity index (χ1v) is 14.7. The van der Waals surface area contributed by atoms with Gasteiger partial charge in [-0.3, -0.25) is 0 Å². The highest BCUT2D eigenvalue weighted by Crippen LogP contribution is 2.21. The van der Waals surface area contributed by atoms with Crippen LogP contribution in [-0.4, -0.2) is 59.7 Å². The summed E-state index contributed by atoms with van der Waals surface area (Å²) in [5.74, 6) is 0.914. The van der Waals surface area contributed by atoms with Crippen LogP contribution in [0.15, 0.2) is 30.3 Å². The van der Waals surface area contributed by atoms with E-state index in [1.54, 1.807) is 0 Å². The van der Waals surface area contributed by atoms with Gasteiger partial charge in [-0.15, -0.1) is 0 Å². The van der Waals surface area contributed by atoms with Gasteiger partial charge >= 0.3 is 0 Å². The van der Waals surface area contributed by atoms with Crippen LogP contribution in [0.4, 0.5) is 0 Å². The molecule has 6 heteroatoms. The minimum atomic E-state index is -1.66. The zero-order valence-electron chi connectivity index (χ0n) is 15.2. The fraction of sp³-hybridized carbons (Fsp3) is 0.647. The summed E-state index contributed by atoms with van der Waals surface area (Å²) >= 11 is 0. The molecule has 1 atom stereocenters. The lowest BCUT2D eigenvalue weighted by atomic mass is 10.3. The Morgan fingerprint density at radius 2 is 1.96 bits per heavy atom. The summed E-state index contributed by atoms with van der Waals surface area (Å²) in [4.78, 5) is 2.55. The van der Waals surface area contributed by atoms with Crippen LogP contribution in [0.5, 0.6) is 5.75 Å². The molecular formula is C17H31NO3Si2. The molecule has 1 aromatic carbocycles. The van der Waals surface area contributed by atoms with E-state index in [0.717, 1.165) is 31.2 Å². The smallest absolute Gasteiger partial charge is 0.201 e. The molecule has 1 saturated heterocycles. The standard InChI is InChI=1S/C17H31NO3Si2/c1-6-20-22(2,3)14-18-12-17(21-23(4,5)15-18)13-19-16-10-8-7-9-11-16/h7-11,17H,6,12-15H2,1-5H3. The van der Waals surface area contributed by atoms with Crippen LogP contribution in [0.2, 0.25) is 26.2 Å². The SMILES string of the molecule is CCO[Si](C)(C)CN1CC(COc2ccccc2)O[Si](C)(C)C1. The highest BCUT2D eigenvalue weighted by atomic mass is 28.4. The van der Waals surface area contributed by atoms with Crippen LogP contribution in [0.3, 0.4) is 0 Å². The molecule has 23 heavy (non-hydrogen) atoms. The highest BCUT2D eigenvalue weighted by Gasteiger charge is 2.38. The maximum atomic E-state index is 6.35. The van der Waals surface area contributed by atoms with Gasteiger partial charge in [0, 0.05) is 25.5 Å². The van der Waals surface area contributed by atoms with E-state index < -0.39 is 16.6 Å². The summed E-state index contributed by atoms with van der Waals surface area (Å²) in [7, 11) is -3.28. The van der Waals surface area contributed by atoms with Crippen molar-refractivity contribution in [3.63, 3.8) is 0 Å². The Hall–Kier alpha value is -0.666. The molecule has 0 radical (unpaired) electrons. The molecule has 4 nitrogen and oxygen atoms in total. The molecule has 1 fully saturated rings. The van der Waals surface area contributed by atoms with E-state index in [1.807, 2.05) is 30.3 Å². The normalized spacial score (nSPS) is 22.0. The van der Waals surface area contributed by atoms with E-state index in [2.05, 4.69) is 38.0 Å². The fourth-order valence-corrected chi connectivity index (χ4v) is 8.16. The Kier molecular flexibility index (Phi) is 6.44. The number of hydrogen-bond donors (Lipinski definition) is 0. The zero-order valence-corrected chi connectivity index (χ0v) is 17.2. The monoisotopic (exact) mass is 353 g/mol. The third kappa shape index (κ3) is 6.39. The second kappa shape index (κ2) is 7.94. The number of rotatable bonds is 7. The Morgan fingerprint density at radius 3 is 2.61 bits per heavy atom. The summed E-state index contributed by atoms with van der Waals surface area (Å²) in [5, 5.41) is 0. The molecule has 0 N–H and O–H groups in total. The van der Waals surface area contributed by atoms with E-state index in [4.69, 9.17) is 13.6 Å². The topological polar surface area (TPSA) is 30.9 Å². The lowest BCUT2D eigenvalue weighted by Gasteiger charge is -2.43. The Bertz CT molecular complexity index is 482. The van der Waals surface area contributed by atoms with Crippen LogP contribution in [0.25, 0.3) is 0 Å². The van der Waals surface area contributed by atoms with E-state index in [9.17, 15) is 0 Å². The number of nitrogens with zero attached hydrogens (tertiary/aromatic N) is 1. The fourth-order valence-electron chi connectivity index (χ4n) is 3.30. The molecule has 0 aliphatic carbocycles. The number of benzene rings is 1. The van der Waals surface area contributed by atoms with E-state index in [1.165, 1.54) is 0 Å². The lowest BCUT2D eigenvalue weighted by molar-refractivity contribution is 0.0606. The minimum absolute atomic E-state index is 0.150. The molecule has 1 unspecified atom stereocenters. The predicted molar refractivity (Wildman–Crippen MR) is 99.8 cm³/mol. The molecule has 1 heterocycles. The molecule has 1 aliphatic rings. The van der Waals surface area contributed by atoms with Crippen molar-refractivity contribution in [3.8, 4) is 5.75 Å². The van der Waals surface area contributed by atoms with Crippen molar-refractivity contribution in [1.29, 1.82) is 0 Å². The van der Waals surface area contributed by atoms with E-state index in [-0.39, 0.29) is 6.10 Å². The summed E-state index contributed by atoms with van der Waals surface area (Å²) in [6.45, 7) is 13.6. The largest absolute Gasteiger partial charge is 0.491 e. The van der Waals surface area contributed by atoms with E-state index >= 15 is 0 Å². The molecule has 0 bridgehead atoms. The van der Waals surface area contributed by atoms with Gasteiger partial charge in [-0.1, -0.05) is 18.2 Å². The molecule has 130 valence electrons. The van der Waals surface area contributed by atoms with Crippen LogP contribution in [0.1, 0.15) is 6.92 Å². The van der Waals surface area contributed by atoms with Gasteiger partial charge in [0.2, 0.25) is 8.32 Å². The van der Waals surface area contributed by atoms with Crippen LogP contribution < -0.4 is 4.74 Å². The third-order valence-corrected chi connectivity index (χ3v) is 8.33. The van der Waals surface area contributed by atoms with Crippen LogP contribution in [0, 0.1) is 0 Å². The average molecular weight is 354 g/mol. The Labute approximate surface area is 143 Å². The van der Waals surface area contributed by atoms with Gasteiger partial charge in [0.25, 0.3) is 0 Å². The minimum Gasteiger partial charge on any atom is -0.491 e. The van der Waals surface area contributed by atoms with Crippen molar-refractivity contribution < 1.29 is 13.6 Å². The van der Waals surface area contributed by atoms with Gasteiger partial charge in [0.15, 0.2) is 8.32 Å². The number of ether oxygens (including phenoxy) is 1. The van der Waals surface area contributed by atoms with Crippen LogP contribution in [-0.2, 0) is 8.85 Å². The van der Waals surface area contributed by atoms with Gasteiger partial charge in [-0.2, -0.15) is 0 Å². The van der Waals surface area contributed by atoms with Gasteiger partial charge in [0.1, 0.15) is 12.4 Å². The summed E-state index contributed by atoms with van der Waals surface area (Å²) in [6.07, 6.45) is 2.30. The van der Waals surface area contributed by atoms with Crippen molar-refractivity contribution in [2.45, 2.75) is 39.2 Å². The Balaban J connectivity index is 1.92. The highest BCUT2D eigenvalue weighted by molar-refractivity contribution is 6.73. The maximum Gasteiger partial charge on any atom is 0.201 e. The second-order valence-electron chi connectivity index (χ2n) is 7.49. The van der Waals surface area contributed by atoms with Crippen molar-refractivity contribution >= 4 is 16.6 Å². The lowest BCUT2D eigenvalue weighted by Crippen LogP contribution is -2.60. The van der Waals surface area contributed by atoms with Crippen molar-refractivity contribution in [2.24, 2.45) is 0 Å². The van der Waals surface area contributed by atoms with Crippen LogP contribution >= 0.6 is 0 Å². The zero-order chi connectivity index (χ0) is 16.9. The van der Waals surface area contributed by atoms with Gasteiger partial charge in [-0.25, -0.2) is 0 Å². The first-order valence-electron chi connectivity index (χ1n) is 8.52. The average Bonchev–Trinajstić information content (AvgIpc) is 2.44. The van der Waals surface area contributed by atoms with Gasteiger partial charge in [0.05, 0.1) is 6.10 Å². The molecule has 0 spiro atoms. The van der Waals surface area contributed by atoms with Crippen molar-refractivity contribution in [3.05, 3.63) is 30.3 Å². The molecule has 0 amide bonds. The van der Waals surface area contributed by atoms with Gasteiger partial charge in [-0.05, 0) is 45.2 Å². The quantitative estimate of drug-likeness (QED) is 0.704. The first-order chi connectivity index (χ1) is 10.8. The summed E-state index contributed by atoms with van der Waals surface area (Å²) in [6, 6.07) is 9.99. The third-order valence-electron chi connectivity index (χ3n) is 3.87. The van der Waals surface area contributed by atoms with Crippen molar-refractivity contribution in [1.82, 2.24) is 4.90 Å². The first kappa shape index (κ1) is 18.7. The molecular weight excluding hydrogens is 322 g/mol. The summed E-state index contributed by atoms with van der Waals surface area (Å²) < 4.78 is 18.3. The molecule has 0 aromatic heterocycles. The Morgan fingerprint density at radius 1 is 1.26 bits per heavy atom. The van der Waals surface area contributed by atoms with E-state index in [0.29, 0.717) is 6.61 Å². The maximum absolute atomic E-state index is 6.35. The molecule has 1 aromatic rings. The number of para-hydroxylation sites is 1. The number of hydrogen-bond acceptors (Lipinski definition) is 4. The molecule has 0 saturated carbocycles. The van der Waals surface area contributed by atoms with Gasteiger partial charge < -0.3 is 18.5 Å². The van der Waals surface area contributed by atoms with Crippen molar-refractivity contribution in [2.75, 3.05) is 32.1 Å². The summed E-state index contributed by atoms with van der Waals surface area (Å²) in [5.41, 5.74) is 0. The molecule has 2 rings (SSSR count).